The topological polar surface area (TPSA) is 34.1 Å². The molecule has 130 valence electrons. The summed E-state index contributed by atoms with van der Waals surface area (Å²) in [6, 6.07) is 8.27. The molecule has 0 amide bonds. The van der Waals surface area contributed by atoms with Gasteiger partial charge in [0.2, 0.25) is 0 Å². The second-order valence-electron chi connectivity index (χ2n) is 6.75. The van der Waals surface area contributed by atoms with Gasteiger partial charge in [-0.2, -0.15) is 0 Å². The van der Waals surface area contributed by atoms with Crippen LogP contribution in [0.25, 0.3) is 6.08 Å². The van der Waals surface area contributed by atoms with Crippen LogP contribution in [0.4, 0.5) is 4.39 Å². The van der Waals surface area contributed by atoms with E-state index in [0.717, 1.165) is 0 Å². The van der Waals surface area contributed by atoms with Gasteiger partial charge in [-0.05, 0) is 48.7 Å². The van der Waals surface area contributed by atoms with Gasteiger partial charge in [0, 0.05) is 10.0 Å². The van der Waals surface area contributed by atoms with Crippen molar-refractivity contribution in [3.63, 3.8) is 0 Å². The van der Waals surface area contributed by atoms with Crippen molar-refractivity contribution >= 4 is 34.1 Å². The van der Waals surface area contributed by atoms with Crippen LogP contribution in [0.5, 0.6) is 0 Å². The van der Waals surface area contributed by atoms with Crippen LogP contribution in [0.3, 0.4) is 0 Å². The molecule has 1 aliphatic carbocycles. The Morgan fingerprint density at radius 3 is 2.69 bits per heavy atom. The van der Waals surface area contributed by atoms with E-state index < -0.39 is 17.2 Å². The van der Waals surface area contributed by atoms with Gasteiger partial charge in [-0.1, -0.05) is 46.1 Å². The van der Waals surface area contributed by atoms with Crippen molar-refractivity contribution < 1.29 is 14.0 Å². The summed E-state index contributed by atoms with van der Waals surface area (Å²) in [5.74, 6) is 0.968. The van der Waals surface area contributed by atoms with E-state index in [-0.39, 0.29) is 11.3 Å². The van der Waals surface area contributed by atoms with Crippen molar-refractivity contribution in [2.24, 2.45) is 0 Å². The lowest BCUT2D eigenvalue weighted by Crippen LogP contribution is -2.21. The monoisotopic (exact) mass is 410 g/mol. The number of terminal acetylenes is 1. The lowest BCUT2D eigenvalue weighted by atomic mass is 9.78. The maximum atomic E-state index is 14.8. The van der Waals surface area contributed by atoms with Gasteiger partial charge in [-0.3, -0.25) is 9.59 Å². The largest absolute Gasteiger partial charge is 0.298 e. The molecule has 0 N–H and O–H groups in total. The van der Waals surface area contributed by atoms with Gasteiger partial charge in [-0.15, -0.1) is 6.42 Å². The van der Waals surface area contributed by atoms with Crippen molar-refractivity contribution in [2.45, 2.75) is 25.2 Å². The molecule has 0 bridgehead atoms. The van der Waals surface area contributed by atoms with Crippen LogP contribution in [0.15, 0.2) is 40.9 Å². The number of rotatable bonds is 3. The lowest BCUT2D eigenvalue weighted by Gasteiger charge is -2.24. The maximum Gasteiger partial charge on any atom is 0.177 e. The molecule has 3 rings (SSSR count). The highest BCUT2D eigenvalue weighted by atomic mass is 79.9. The Labute approximate surface area is 160 Å². The van der Waals surface area contributed by atoms with E-state index in [1.54, 1.807) is 36.4 Å². The fourth-order valence-electron chi connectivity index (χ4n) is 3.10. The lowest BCUT2D eigenvalue weighted by molar-refractivity contribution is 0.0970. The van der Waals surface area contributed by atoms with E-state index in [1.807, 2.05) is 13.8 Å². The number of fused-ring (bicyclic) bond motifs is 1. The fourth-order valence-corrected chi connectivity index (χ4v) is 3.58. The quantitative estimate of drug-likeness (QED) is 0.507. The highest BCUT2D eigenvalue weighted by molar-refractivity contribution is 9.10. The average molecular weight is 411 g/mol. The molecule has 0 aromatic heterocycles. The Balaban J connectivity index is 2.14. The molecule has 1 aliphatic rings. The van der Waals surface area contributed by atoms with Crippen LogP contribution in [0.1, 0.15) is 57.2 Å². The summed E-state index contributed by atoms with van der Waals surface area (Å²) in [5, 5.41) is 0. The second kappa shape index (κ2) is 6.66. The maximum absolute atomic E-state index is 14.8. The Hall–Kier alpha value is -2.51. The standard InChI is InChI=1S/C22H16BrFO2/c1-4-22(2,3)14-10-13-8-9-16(21(26)20(13)19(24)11-14)15-6-5-7-18(23)17(15)12-25/h1,5-12,16H,2-3H3. The number of hydrogen-bond acceptors (Lipinski definition) is 2. The Morgan fingerprint density at radius 1 is 1.31 bits per heavy atom. The number of aldehydes is 1. The van der Waals surface area contributed by atoms with Crippen molar-refractivity contribution in [1.29, 1.82) is 0 Å². The van der Waals surface area contributed by atoms with E-state index >= 15 is 0 Å². The number of halogens is 2. The number of ketones is 1. The number of Topliss-reactive ketones (excluding diaryl/α,β-unsaturated/α-hetero) is 1. The molecule has 0 saturated heterocycles. The molecule has 2 aromatic rings. The molecule has 1 atom stereocenters. The SMILES string of the molecule is C#CC(C)(C)c1cc(F)c2c(c1)C=CC(c1cccc(Br)c1C=O)C2=O. The average Bonchev–Trinajstić information content (AvgIpc) is 2.61. The molecule has 1 unspecified atom stereocenters. The van der Waals surface area contributed by atoms with E-state index in [0.29, 0.717) is 33.0 Å². The number of carbonyl (C=O) groups excluding carboxylic acids is 2. The molecular formula is C22H16BrFO2. The first kappa shape index (κ1) is 18.3. The summed E-state index contributed by atoms with van der Waals surface area (Å²) >= 11 is 3.32. The van der Waals surface area contributed by atoms with Gasteiger partial charge in [0.05, 0.1) is 16.9 Å². The van der Waals surface area contributed by atoms with Gasteiger partial charge >= 0.3 is 0 Å². The minimum absolute atomic E-state index is 0.0332. The van der Waals surface area contributed by atoms with Crippen LogP contribution in [0.2, 0.25) is 0 Å². The van der Waals surface area contributed by atoms with Crippen molar-refractivity contribution in [2.75, 3.05) is 0 Å². The summed E-state index contributed by atoms with van der Waals surface area (Å²) < 4.78 is 15.4. The first-order valence-corrected chi connectivity index (χ1v) is 8.87. The fraction of sp³-hybridized carbons (Fsp3) is 0.182. The smallest absolute Gasteiger partial charge is 0.177 e. The first-order valence-electron chi connectivity index (χ1n) is 8.08. The van der Waals surface area contributed by atoms with Crippen molar-refractivity contribution in [3.05, 3.63) is 74.5 Å². The second-order valence-corrected chi connectivity index (χ2v) is 7.61. The van der Waals surface area contributed by atoms with Gasteiger partial charge in [0.25, 0.3) is 0 Å². The molecule has 0 heterocycles. The molecule has 2 nitrogen and oxygen atoms in total. The summed E-state index contributed by atoms with van der Waals surface area (Å²) in [6.45, 7) is 3.65. The van der Waals surface area contributed by atoms with Gasteiger partial charge < -0.3 is 0 Å². The Bertz CT molecular complexity index is 996. The zero-order valence-electron chi connectivity index (χ0n) is 14.3. The summed E-state index contributed by atoms with van der Waals surface area (Å²) in [6.07, 6.45) is 9.66. The third kappa shape index (κ3) is 2.93. The summed E-state index contributed by atoms with van der Waals surface area (Å²) in [7, 11) is 0. The van der Waals surface area contributed by atoms with Crippen LogP contribution in [-0.2, 0) is 5.41 Å². The number of carbonyl (C=O) groups is 2. The molecule has 0 saturated carbocycles. The minimum atomic E-state index is -0.707. The zero-order chi connectivity index (χ0) is 19.1. The molecule has 0 fully saturated rings. The number of hydrogen-bond donors (Lipinski definition) is 0. The van der Waals surface area contributed by atoms with Crippen LogP contribution < -0.4 is 0 Å². The zero-order valence-corrected chi connectivity index (χ0v) is 15.9. The molecule has 4 heteroatoms. The number of allylic oxidation sites excluding steroid dienone is 1. The van der Waals surface area contributed by atoms with Crippen LogP contribution in [0, 0.1) is 18.2 Å². The van der Waals surface area contributed by atoms with E-state index in [2.05, 4.69) is 21.9 Å². The predicted octanol–water partition coefficient (Wildman–Crippen LogP) is 5.30. The normalized spacial score (nSPS) is 16.1. The summed E-state index contributed by atoms with van der Waals surface area (Å²) in [4.78, 5) is 24.4. The van der Waals surface area contributed by atoms with Crippen molar-refractivity contribution in [3.8, 4) is 12.3 Å². The van der Waals surface area contributed by atoms with Crippen LogP contribution >= 0.6 is 15.9 Å². The van der Waals surface area contributed by atoms with E-state index in [9.17, 15) is 14.0 Å². The molecule has 2 aromatic carbocycles. The Morgan fingerprint density at radius 2 is 2.04 bits per heavy atom. The minimum Gasteiger partial charge on any atom is -0.298 e. The third-order valence-electron chi connectivity index (χ3n) is 4.74. The molecular weight excluding hydrogens is 395 g/mol. The van der Waals surface area contributed by atoms with Gasteiger partial charge in [0.15, 0.2) is 12.1 Å². The Kier molecular flexibility index (Phi) is 4.68. The molecule has 0 radical (unpaired) electrons. The molecule has 0 aliphatic heterocycles. The number of benzene rings is 2. The highest BCUT2D eigenvalue weighted by Crippen LogP contribution is 2.36. The van der Waals surface area contributed by atoms with E-state index in [4.69, 9.17) is 6.42 Å². The van der Waals surface area contributed by atoms with Gasteiger partial charge in [-0.25, -0.2) is 4.39 Å². The summed E-state index contributed by atoms with van der Waals surface area (Å²) in [5.41, 5.74) is 1.48. The third-order valence-corrected chi connectivity index (χ3v) is 5.43. The van der Waals surface area contributed by atoms with Crippen LogP contribution in [-0.4, -0.2) is 12.1 Å². The molecule has 0 spiro atoms. The highest BCUT2D eigenvalue weighted by Gasteiger charge is 2.31. The van der Waals surface area contributed by atoms with Crippen molar-refractivity contribution in [1.82, 2.24) is 0 Å². The van der Waals surface area contributed by atoms with E-state index in [1.165, 1.54) is 6.07 Å². The predicted molar refractivity (Wildman–Crippen MR) is 104 cm³/mol. The molecule has 26 heavy (non-hydrogen) atoms. The van der Waals surface area contributed by atoms with Gasteiger partial charge in [0.1, 0.15) is 5.82 Å². The first-order chi connectivity index (χ1) is 12.3.